The van der Waals surface area contributed by atoms with Crippen LogP contribution in [0.3, 0.4) is 0 Å². The maximum absolute atomic E-state index is 13.5. The van der Waals surface area contributed by atoms with Crippen molar-refractivity contribution in [3.63, 3.8) is 0 Å². The van der Waals surface area contributed by atoms with Gasteiger partial charge in [0, 0.05) is 6.04 Å². The van der Waals surface area contributed by atoms with Gasteiger partial charge in [-0.3, -0.25) is 9.59 Å². The van der Waals surface area contributed by atoms with Gasteiger partial charge in [-0.2, -0.15) is 0 Å². The molecule has 2 N–H and O–H groups in total. The normalized spacial score (nSPS) is 25.3. The molecule has 2 rings (SSSR count). The van der Waals surface area contributed by atoms with Crippen LogP contribution in [0.2, 0.25) is 0 Å². The van der Waals surface area contributed by atoms with Crippen molar-refractivity contribution in [3.05, 3.63) is 35.6 Å². The van der Waals surface area contributed by atoms with Gasteiger partial charge in [-0.15, -0.1) is 0 Å². The zero-order valence-corrected chi connectivity index (χ0v) is 12.1. The number of rotatable bonds is 4. The zero-order valence-electron chi connectivity index (χ0n) is 12.1. The van der Waals surface area contributed by atoms with E-state index in [1.165, 1.54) is 6.07 Å². The van der Waals surface area contributed by atoms with Crippen LogP contribution in [0.15, 0.2) is 24.3 Å². The van der Waals surface area contributed by atoms with Crippen molar-refractivity contribution >= 4 is 11.9 Å². The molecule has 1 aliphatic rings. The Labute approximate surface area is 123 Å². The van der Waals surface area contributed by atoms with E-state index in [9.17, 15) is 19.1 Å². The number of nitrogens with one attached hydrogen (secondary N) is 1. The Morgan fingerprint density at radius 3 is 2.76 bits per heavy atom. The molecular formula is C16H20FNO3. The molecule has 1 amide bonds. The van der Waals surface area contributed by atoms with Crippen molar-refractivity contribution in [2.45, 2.75) is 45.1 Å². The summed E-state index contributed by atoms with van der Waals surface area (Å²) in [4.78, 5) is 23.5. The van der Waals surface area contributed by atoms with Gasteiger partial charge in [0.05, 0.1) is 11.8 Å². The molecule has 0 heterocycles. The first-order chi connectivity index (χ1) is 9.93. The van der Waals surface area contributed by atoms with Crippen LogP contribution in [-0.4, -0.2) is 23.0 Å². The monoisotopic (exact) mass is 293 g/mol. The molecule has 0 bridgehead atoms. The van der Waals surface area contributed by atoms with Crippen molar-refractivity contribution in [2.75, 3.05) is 0 Å². The first-order valence-electron chi connectivity index (χ1n) is 7.19. The fraction of sp³-hybridized carbons (Fsp3) is 0.500. The Bertz CT molecular complexity index is 546. The summed E-state index contributed by atoms with van der Waals surface area (Å²) < 4.78 is 13.5. The average Bonchev–Trinajstić information content (AvgIpc) is 2.44. The fourth-order valence-corrected chi connectivity index (χ4v) is 2.88. The van der Waals surface area contributed by atoms with E-state index in [1.54, 1.807) is 25.1 Å². The number of aliphatic carboxylic acids is 1. The number of carbonyl (C=O) groups excluding carboxylic acids is 1. The zero-order chi connectivity index (χ0) is 15.5. The lowest BCUT2D eigenvalue weighted by Gasteiger charge is -2.38. The number of benzene rings is 1. The molecular weight excluding hydrogens is 273 g/mol. The number of hydrogen-bond donors (Lipinski definition) is 2. The van der Waals surface area contributed by atoms with E-state index in [0.717, 1.165) is 12.8 Å². The Balaban J connectivity index is 2.04. The molecule has 1 saturated carbocycles. The van der Waals surface area contributed by atoms with Gasteiger partial charge in [0.1, 0.15) is 5.82 Å². The smallest absolute Gasteiger partial charge is 0.311 e. The summed E-state index contributed by atoms with van der Waals surface area (Å²) in [6.07, 6.45) is 2.87. The van der Waals surface area contributed by atoms with E-state index in [2.05, 4.69) is 5.32 Å². The molecule has 1 fully saturated rings. The minimum atomic E-state index is -0.941. The number of halogens is 1. The number of amides is 1. The van der Waals surface area contributed by atoms with Gasteiger partial charge in [0.2, 0.25) is 5.91 Å². The Kier molecular flexibility index (Phi) is 4.60. The first-order valence-corrected chi connectivity index (χ1v) is 7.19. The number of carbonyl (C=O) groups is 2. The third-order valence-electron chi connectivity index (χ3n) is 4.34. The van der Waals surface area contributed by atoms with E-state index in [-0.39, 0.29) is 12.3 Å². The summed E-state index contributed by atoms with van der Waals surface area (Å²) >= 11 is 0. The van der Waals surface area contributed by atoms with Crippen molar-refractivity contribution in [1.82, 2.24) is 5.32 Å². The highest BCUT2D eigenvalue weighted by Crippen LogP contribution is 2.36. The first kappa shape index (κ1) is 15.5. The molecule has 2 atom stereocenters. The molecule has 0 aliphatic heterocycles. The van der Waals surface area contributed by atoms with Crippen LogP contribution in [0.5, 0.6) is 0 Å². The Morgan fingerprint density at radius 1 is 1.38 bits per heavy atom. The predicted molar refractivity (Wildman–Crippen MR) is 76.2 cm³/mol. The highest BCUT2D eigenvalue weighted by atomic mass is 19.1. The predicted octanol–water partition coefficient (Wildman–Crippen LogP) is 2.52. The Morgan fingerprint density at radius 2 is 2.10 bits per heavy atom. The van der Waals surface area contributed by atoms with Gasteiger partial charge >= 0.3 is 5.97 Å². The topological polar surface area (TPSA) is 66.4 Å². The third-order valence-corrected chi connectivity index (χ3v) is 4.34. The average molecular weight is 293 g/mol. The molecule has 21 heavy (non-hydrogen) atoms. The molecule has 0 saturated heterocycles. The fourth-order valence-electron chi connectivity index (χ4n) is 2.88. The molecule has 1 aromatic rings. The van der Waals surface area contributed by atoms with Crippen LogP contribution in [0.1, 0.15) is 38.2 Å². The van der Waals surface area contributed by atoms with Crippen LogP contribution in [0, 0.1) is 11.2 Å². The van der Waals surface area contributed by atoms with E-state index < -0.39 is 23.2 Å². The SMILES string of the molecule is CC1(C(=O)O)CCCCC1NC(=O)Cc1ccccc1F. The van der Waals surface area contributed by atoms with E-state index in [4.69, 9.17) is 0 Å². The highest BCUT2D eigenvalue weighted by molar-refractivity contribution is 5.81. The molecule has 1 aromatic carbocycles. The lowest BCUT2D eigenvalue weighted by molar-refractivity contribution is -0.152. The lowest BCUT2D eigenvalue weighted by atomic mass is 9.71. The summed E-state index contributed by atoms with van der Waals surface area (Å²) in [5, 5.41) is 12.2. The van der Waals surface area contributed by atoms with Crippen molar-refractivity contribution in [3.8, 4) is 0 Å². The molecule has 0 aromatic heterocycles. The second-order valence-corrected chi connectivity index (χ2v) is 5.86. The van der Waals surface area contributed by atoms with Crippen LogP contribution in [-0.2, 0) is 16.0 Å². The van der Waals surface area contributed by atoms with Gasteiger partial charge < -0.3 is 10.4 Å². The van der Waals surface area contributed by atoms with Crippen molar-refractivity contribution < 1.29 is 19.1 Å². The van der Waals surface area contributed by atoms with Gasteiger partial charge in [-0.05, 0) is 31.4 Å². The molecule has 5 heteroatoms. The van der Waals surface area contributed by atoms with Gasteiger partial charge in [0.25, 0.3) is 0 Å². The van der Waals surface area contributed by atoms with Gasteiger partial charge in [-0.1, -0.05) is 31.0 Å². The minimum Gasteiger partial charge on any atom is -0.481 e. The number of carboxylic acid groups (broad SMARTS) is 1. The molecule has 0 spiro atoms. The summed E-state index contributed by atoms with van der Waals surface area (Å²) in [7, 11) is 0. The lowest BCUT2D eigenvalue weighted by Crippen LogP contribution is -2.52. The molecule has 2 unspecified atom stereocenters. The molecule has 0 radical (unpaired) electrons. The largest absolute Gasteiger partial charge is 0.481 e. The molecule has 114 valence electrons. The summed E-state index contributed by atoms with van der Waals surface area (Å²) in [5.74, 6) is -1.64. The second-order valence-electron chi connectivity index (χ2n) is 5.86. The minimum absolute atomic E-state index is 0.0706. The van der Waals surface area contributed by atoms with Crippen molar-refractivity contribution in [1.29, 1.82) is 0 Å². The van der Waals surface area contributed by atoms with Crippen molar-refractivity contribution in [2.24, 2.45) is 5.41 Å². The maximum Gasteiger partial charge on any atom is 0.311 e. The summed E-state index contributed by atoms with van der Waals surface area (Å²) in [5.41, 5.74) is -0.619. The maximum atomic E-state index is 13.5. The Hall–Kier alpha value is -1.91. The van der Waals surface area contributed by atoms with E-state index in [1.807, 2.05) is 0 Å². The summed E-state index contributed by atoms with van der Waals surface area (Å²) in [6.45, 7) is 1.67. The quantitative estimate of drug-likeness (QED) is 0.896. The molecule has 1 aliphatic carbocycles. The number of carboxylic acids is 1. The van der Waals surface area contributed by atoms with Gasteiger partial charge in [-0.25, -0.2) is 4.39 Å². The van der Waals surface area contributed by atoms with Crippen LogP contribution >= 0.6 is 0 Å². The third kappa shape index (κ3) is 3.40. The van der Waals surface area contributed by atoms with Crippen LogP contribution in [0.4, 0.5) is 4.39 Å². The van der Waals surface area contributed by atoms with Gasteiger partial charge in [0.15, 0.2) is 0 Å². The standard InChI is InChI=1S/C16H20FNO3/c1-16(15(20)21)9-5-4-8-13(16)18-14(19)10-11-6-2-3-7-12(11)17/h2-3,6-7,13H,4-5,8-10H2,1H3,(H,18,19)(H,20,21). The number of hydrogen-bond acceptors (Lipinski definition) is 2. The van der Waals surface area contributed by atoms with E-state index in [0.29, 0.717) is 18.4 Å². The van der Waals surface area contributed by atoms with Crippen LogP contribution in [0.25, 0.3) is 0 Å². The second kappa shape index (κ2) is 6.24. The summed E-state index contributed by atoms with van der Waals surface area (Å²) in [6, 6.07) is 5.71. The molecule has 4 nitrogen and oxygen atoms in total. The van der Waals surface area contributed by atoms with Crippen LogP contribution < -0.4 is 5.32 Å². The highest BCUT2D eigenvalue weighted by Gasteiger charge is 2.43. The van der Waals surface area contributed by atoms with E-state index >= 15 is 0 Å².